The Bertz CT molecular complexity index is 335. The first-order valence-corrected chi connectivity index (χ1v) is 5.79. The van der Waals surface area contributed by atoms with Gasteiger partial charge in [-0.2, -0.15) is 0 Å². The molecule has 0 bridgehead atoms. The number of carbonyl (C=O) groups excluding carboxylic acids is 1. The van der Waals surface area contributed by atoms with E-state index in [0.29, 0.717) is 10.5 Å². The number of aromatic nitrogens is 2. The molecule has 1 aromatic rings. The van der Waals surface area contributed by atoms with Crippen LogP contribution in [0, 0.1) is 0 Å². The van der Waals surface area contributed by atoms with E-state index in [1.807, 2.05) is 14.1 Å². The van der Waals surface area contributed by atoms with E-state index in [0.717, 1.165) is 13.0 Å². The summed E-state index contributed by atoms with van der Waals surface area (Å²) in [5.74, 6) is 0.0168. The third-order valence-electron chi connectivity index (χ3n) is 2.24. The van der Waals surface area contributed by atoms with E-state index in [9.17, 15) is 4.79 Å². The Kier molecular flexibility index (Phi) is 4.32. The summed E-state index contributed by atoms with van der Waals surface area (Å²) in [6.07, 6.45) is 4.17. The number of hydrogen-bond donors (Lipinski definition) is 0. The summed E-state index contributed by atoms with van der Waals surface area (Å²) in [6.45, 7) is 2.82. The topological polar surface area (TPSA) is 38.1 Å². The minimum Gasteiger partial charge on any atom is -0.340 e. The summed E-state index contributed by atoms with van der Waals surface area (Å²) >= 11 is 3.46. The van der Waals surface area contributed by atoms with Crippen molar-refractivity contribution in [3.05, 3.63) is 18.2 Å². The van der Waals surface area contributed by atoms with Gasteiger partial charge in [0.15, 0.2) is 0 Å². The van der Waals surface area contributed by atoms with Crippen molar-refractivity contribution in [1.29, 1.82) is 0 Å². The largest absolute Gasteiger partial charge is 0.340 e. The van der Waals surface area contributed by atoms with E-state index >= 15 is 0 Å². The lowest BCUT2D eigenvalue weighted by Gasteiger charge is -2.17. The standard InChI is InChI=1S/C10H16BrN3O/c1-8(11)4-5-13(2)10(15)9-6-12-7-14(9)3/h6-8H,4-5H2,1-3H3. The Labute approximate surface area is 98.4 Å². The first kappa shape index (κ1) is 12.2. The van der Waals surface area contributed by atoms with Crippen LogP contribution in [0.5, 0.6) is 0 Å². The third kappa shape index (κ3) is 3.34. The van der Waals surface area contributed by atoms with Crippen molar-refractivity contribution in [2.75, 3.05) is 13.6 Å². The van der Waals surface area contributed by atoms with Gasteiger partial charge in [-0.1, -0.05) is 22.9 Å². The van der Waals surface area contributed by atoms with Crippen LogP contribution >= 0.6 is 15.9 Å². The normalized spacial score (nSPS) is 12.5. The Hall–Kier alpha value is -0.840. The Morgan fingerprint density at radius 2 is 2.40 bits per heavy atom. The Balaban J connectivity index is 2.57. The predicted molar refractivity (Wildman–Crippen MR) is 63.2 cm³/mol. The molecule has 0 fully saturated rings. The van der Waals surface area contributed by atoms with Crippen LogP contribution in [-0.2, 0) is 7.05 Å². The van der Waals surface area contributed by atoms with Gasteiger partial charge in [-0.3, -0.25) is 4.79 Å². The first-order valence-electron chi connectivity index (χ1n) is 4.88. The van der Waals surface area contributed by atoms with Crippen LogP contribution in [0.2, 0.25) is 0 Å². The molecule has 4 nitrogen and oxygen atoms in total. The number of amides is 1. The number of carbonyl (C=O) groups is 1. The maximum Gasteiger partial charge on any atom is 0.271 e. The fourth-order valence-corrected chi connectivity index (χ4v) is 1.44. The van der Waals surface area contributed by atoms with Crippen molar-refractivity contribution in [1.82, 2.24) is 14.5 Å². The molecule has 1 rings (SSSR count). The van der Waals surface area contributed by atoms with Crippen molar-refractivity contribution < 1.29 is 4.79 Å². The van der Waals surface area contributed by atoms with Crippen molar-refractivity contribution in [3.8, 4) is 0 Å². The maximum atomic E-state index is 11.9. The van der Waals surface area contributed by atoms with Gasteiger partial charge in [-0.15, -0.1) is 0 Å². The van der Waals surface area contributed by atoms with Crippen molar-refractivity contribution in [2.24, 2.45) is 7.05 Å². The lowest BCUT2D eigenvalue weighted by Crippen LogP contribution is -2.30. The number of hydrogen-bond acceptors (Lipinski definition) is 2. The molecule has 5 heteroatoms. The zero-order valence-corrected chi connectivity index (χ0v) is 10.9. The number of imidazole rings is 1. The molecule has 0 aliphatic rings. The van der Waals surface area contributed by atoms with Gasteiger partial charge < -0.3 is 9.47 Å². The summed E-state index contributed by atoms with van der Waals surface area (Å²) in [5.41, 5.74) is 0.625. The molecule has 0 aliphatic carbocycles. The lowest BCUT2D eigenvalue weighted by atomic mass is 10.3. The summed E-state index contributed by atoms with van der Waals surface area (Å²) < 4.78 is 1.73. The maximum absolute atomic E-state index is 11.9. The fraction of sp³-hybridized carbons (Fsp3) is 0.600. The molecule has 0 aromatic carbocycles. The molecular weight excluding hydrogens is 258 g/mol. The average Bonchev–Trinajstić information content (AvgIpc) is 2.59. The van der Waals surface area contributed by atoms with Gasteiger partial charge in [0.1, 0.15) is 5.69 Å². The van der Waals surface area contributed by atoms with Crippen LogP contribution in [0.15, 0.2) is 12.5 Å². The molecule has 84 valence electrons. The fourth-order valence-electron chi connectivity index (χ4n) is 1.23. The summed E-state index contributed by atoms with van der Waals surface area (Å²) in [6, 6.07) is 0. The van der Waals surface area contributed by atoms with Crippen LogP contribution in [0.3, 0.4) is 0 Å². The van der Waals surface area contributed by atoms with Gasteiger partial charge >= 0.3 is 0 Å². The number of halogens is 1. The highest BCUT2D eigenvalue weighted by Gasteiger charge is 2.14. The Morgan fingerprint density at radius 1 is 1.73 bits per heavy atom. The van der Waals surface area contributed by atoms with E-state index in [1.165, 1.54) is 0 Å². The van der Waals surface area contributed by atoms with E-state index in [1.54, 1.807) is 22.0 Å². The molecule has 1 amide bonds. The molecule has 1 unspecified atom stereocenters. The van der Waals surface area contributed by atoms with Crippen LogP contribution < -0.4 is 0 Å². The molecule has 0 radical (unpaired) electrons. The highest BCUT2D eigenvalue weighted by Crippen LogP contribution is 2.06. The van der Waals surface area contributed by atoms with E-state index in [2.05, 4.69) is 27.8 Å². The molecule has 1 heterocycles. The number of rotatable bonds is 4. The van der Waals surface area contributed by atoms with Crippen molar-refractivity contribution in [2.45, 2.75) is 18.2 Å². The van der Waals surface area contributed by atoms with E-state index < -0.39 is 0 Å². The SMILES string of the molecule is CC(Br)CCN(C)C(=O)c1cncn1C. The predicted octanol–water partition coefficient (Wildman–Crippen LogP) is 1.67. The molecule has 15 heavy (non-hydrogen) atoms. The lowest BCUT2D eigenvalue weighted by molar-refractivity contribution is 0.0784. The van der Waals surface area contributed by atoms with Gasteiger partial charge in [-0.25, -0.2) is 4.98 Å². The van der Waals surface area contributed by atoms with Gasteiger partial charge in [0.2, 0.25) is 0 Å². The second-order valence-electron chi connectivity index (χ2n) is 3.69. The number of nitrogens with zero attached hydrogens (tertiary/aromatic N) is 3. The van der Waals surface area contributed by atoms with Gasteiger partial charge in [0.25, 0.3) is 5.91 Å². The summed E-state index contributed by atoms with van der Waals surface area (Å²) in [5, 5.41) is 0. The molecular formula is C10H16BrN3O. The quantitative estimate of drug-likeness (QED) is 0.783. The molecule has 1 atom stereocenters. The highest BCUT2D eigenvalue weighted by atomic mass is 79.9. The molecule has 0 spiro atoms. The van der Waals surface area contributed by atoms with E-state index in [4.69, 9.17) is 0 Å². The van der Waals surface area contributed by atoms with E-state index in [-0.39, 0.29) is 5.91 Å². The minimum atomic E-state index is 0.0168. The molecule has 1 aromatic heterocycles. The zero-order chi connectivity index (χ0) is 11.4. The van der Waals surface area contributed by atoms with Crippen molar-refractivity contribution >= 4 is 21.8 Å². The van der Waals surface area contributed by atoms with Gasteiger partial charge in [-0.05, 0) is 6.42 Å². The second-order valence-corrected chi connectivity index (χ2v) is 5.25. The zero-order valence-electron chi connectivity index (χ0n) is 9.27. The second kappa shape index (κ2) is 5.30. The summed E-state index contributed by atoms with van der Waals surface area (Å²) in [7, 11) is 3.63. The van der Waals surface area contributed by atoms with Crippen molar-refractivity contribution in [3.63, 3.8) is 0 Å². The molecule has 0 saturated carbocycles. The molecule has 0 saturated heterocycles. The molecule has 0 aliphatic heterocycles. The monoisotopic (exact) mass is 273 g/mol. The minimum absolute atomic E-state index is 0.0168. The smallest absolute Gasteiger partial charge is 0.271 e. The van der Waals surface area contributed by atoms with Crippen LogP contribution in [0.1, 0.15) is 23.8 Å². The highest BCUT2D eigenvalue weighted by molar-refractivity contribution is 9.09. The number of alkyl halides is 1. The Morgan fingerprint density at radius 3 is 2.87 bits per heavy atom. The summed E-state index contributed by atoms with van der Waals surface area (Å²) in [4.78, 5) is 18.0. The van der Waals surface area contributed by atoms with Gasteiger partial charge in [0, 0.05) is 25.5 Å². The molecule has 0 N–H and O–H groups in total. The average molecular weight is 274 g/mol. The van der Waals surface area contributed by atoms with Crippen LogP contribution in [0.25, 0.3) is 0 Å². The first-order chi connectivity index (χ1) is 7.02. The van der Waals surface area contributed by atoms with Gasteiger partial charge in [0.05, 0.1) is 12.5 Å². The van der Waals surface area contributed by atoms with Crippen LogP contribution in [-0.4, -0.2) is 38.8 Å². The third-order valence-corrected chi connectivity index (χ3v) is 2.70. The van der Waals surface area contributed by atoms with Crippen LogP contribution in [0.4, 0.5) is 0 Å². The number of aryl methyl sites for hydroxylation is 1.